The molecule has 0 unspecified atom stereocenters. The third-order valence-corrected chi connectivity index (χ3v) is 3.26. The van der Waals surface area contributed by atoms with Gasteiger partial charge in [0.05, 0.1) is 6.54 Å². The fourth-order valence-corrected chi connectivity index (χ4v) is 2.45. The van der Waals surface area contributed by atoms with Crippen molar-refractivity contribution in [3.63, 3.8) is 0 Å². The van der Waals surface area contributed by atoms with Crippen LogP contribution in [0.4, 0.5) is 0 Å². The Morgan fingerprint density at radius 3 is 2.54 bits per heavy atom. The molecule has 1 amide bonds. The second-order valence-electron chi connectivity index (χ2n) is 4.19. The first kappa shape index (κ1) is 9.00. The summed E-state index contributed by atoms with van der Waals surface area (Å²) in [5.41, 5.74) is 0. The van der Waals surface area contributed by atoms with Gasteiger partial charge in [-0.2, -0.15) is 0 Å². The van der Waals surface area contributed by atoms with Crippen LogP contribution in [-0.4, -0.2) is 25.0 Å². The van der Waals surface area contributed by atoms with Crippen molar-refractivity contribution in [2.45, 2.75) is 38.1 Å². The Morgan fingerprint density at radius 1 is 1.15 bits per heavy atom. The van der Waals surface area contributed by atoms with Crippen LogP contribution in [0.1, 0.15) is 32.1 Å². The van der Waals surface area contributed by atoms with E-state index in [0.29, 0.717) is 12.6 Å². The highest BCUT2D eigenvalue weighted by atomic mass is 16.2. The van der Waals surface area contributed by atoms with Gasteiger partial charge in [0.2, 0.25) is 5.91 Å². The molecule has 1 aliphatic carbocycles. The van der Waals surface area contributed by atoms with Crippen LogP contribution in [0.3, 0.4) is 0 Å². The molecule has 2 aliphatic rings. The molecule has 3 heteroatoms. The summed E-state index contributed by atoms with van der Waals surface area (Å²) in [5, 5.41) is 6.25. The Morgan fingerprint density at radius 2 is 1.92 bits per heavy atom. The van der Waals surface area contributed by atoms with Gasteiger partial charge in [0.1, 0.15) is 0 Å². The van der Waals surface area contributed by atoms with Crippen molar-refractivity contribution in [3.05, 3.63) is 0 Å². The van der Waals surface area contributed by atoms with Crippen LogP contribution in [0.5, 0.6) is 0 Å². The molecule has 2 N–H and O–H groups in total. The van der Waals surface area contributed by atoms with E-state index >= 15 is 0 Å². The Balaban J connectivity index is 1.82. The van der Waals surface area contributed by atoms with E-state index in [9.17, 15) is 4.79 Å². The van der Waals surface area contributed by atoms with Gasteiger partial charge in [-0.3, -0.25) is 4.79 Å². The third-order valence-electron chi connectivity index (χ3n) is 3.26. The second kappa shape index (κ2) is 4.09. The summed E-state index contributed by atoms with van der Waals surface area (Å²) >= 11 is 0. The van der Waals surface area contributed by atoms with E-state index in [1.807, 2.05) is 0 Å². The molecule has 3 nitrogen and oxygen atoms in total. The van der Waals surface area contributed by atoms with E-state index < -0.39 is 0 Å². The first-order chi connectivity index (χ1) is 6.36. The fraction of sp³-hybridized carbons (Fsp3) is 0.900. The van der Waals surface area contributed by atoms with Crippen molar-refractivity contribution in [1.82, 2.24) is 10.6 Å². The van der Waals surface area contributed by atoms with E-state index in [1.165, 1.54) is 32.1 Å². The predicted molar refractivity (Wildman–Crippen MR) is 51.4 cm³/mol. The molecule has 0 aromatic heterocycles. The second-order valence-corrected chi connectivity index (χ2v) is 4.19. The number of carbonyl (C=O) groups excluding carboxylic acids is 1. The van der Waals surface area contributed by atoms with Crippen LogP contribution < -0.4 is 10.6 Å². The maximum Gasteiger partial charge on any atom is 0.234 e. The minimum absolute atomic E-state index is 0.145. The van der Waals surface area contributed by atoms with E-state index in [1.54, 1.807) is 0 Å². The van der Waals surface area contributed by atoms with Gasteiger partial charge in [-0.1, -0.05) is 19.3 Å². The van der Waals surface area contributed by atoms with Gasteiger partial charge in [-0.25, -0.2) is 0 Å². The topological polar surface area (TPSA) is 41.1 Å². The maximum atomic E-state index is 10.9. The van der Waals surface area contributed by atoms with Crippen molar-refractivity contribution in [2.75, 3.05) is 13.1 Å². The number of carbonyl (C=O) groups is 1. The molecule has 0 aromatic rings. The van der Waals surface area contributed by atoms with Crippen molar-refractivity contribution in [1.29, 1.82) is 0 Å². The molecule has 13 heavy (non-hydrogen) atoms. The molecular weight excluding hydrogens is 164 g/mol. The zero-order valence-electron chi connectivity index (χ0n) is 8.01. The van der Waals surface area contributed by atoms with Crippen molar-refractivity contribution < 1.29 is 4.79 Å². The minimum atomic E-state index is 0.145. The molecule has 2 rings (SSSR count). The van der Waals surface area contributed by atoms with Crippen LogP contribution in [0.2, 0.25) is 0 Å². The molecule has 1 atom stereocenters. The lowest BCUT2D eigenvalue weighted by molar-refractivity contribution is -0.121. The van der Waals surface area contributed by atoms with Crippen LogP contribution in [0.15, 0.2) is 0 Å². The normalized spacial score (nSPS) is 31.4. The summed E-state index contributed by atoms with van der Waals surface area (Å²) in [4.78, 5) is 10.9. The molecule has 74 valence electrons. The number of amides is 1. The molecule has 1 saturated carbocycles. The summed E-state index contributed by atoms with van der Waals surface area (Å²) in [6.07, 6.45) is 6.82. The highest BCUT2D eigenvalue weighted by molar-refractivity contribution is 5.78. The molecule has 2 fully saturated rings. The van der Waals surface area contributed by atoms with Gasteiger partial charge in [0.15, 0.2) is 0 Å². The third kappa shape index (κ3) is 2.21. The summed E-state index contributed by atoms with van der Waals surface area (Å²) in [6.45, 7) is 1.35. The zero-order valence-corrected chi connectivity index (χ0v) is 8.01. The summed E-state index contributed by atoms with van der Waals surface area (Å²) in [5.74, 6) is 0.946. The quantitative estimate of drug-likeness (QED) is 0.625. The summed E-state index contributed by atoms with van der Waals surface area (Å²) in [7, 11) is 0. The smallest absolute Gasteiger partial charge is 0.234 e. The average Bonchev–Trinajstić information content (AvgIpc) is 2.20. The minimum Gasteiger partial charge on any atom is -0.353 e. The molecular formula is C10H18N2O. The van der Waals surface area contributed by atoms with Crippen LogP contribution in [-0.2, 0) is 4.79 Å². The lowest BCUT2D eigenvalue weighted by Crippen LogP contribution is -2.55. The molecule has 0 radical (unpaired) electrons. The number of piperazine rings is 1. The van der Waals surface area contributed by atoms with Gasteiger partial charge < -0.3 is 10.6 Å². The maximum absolute atomic E-state index is 10.9. The standard InChI is InChI=1S/C10H18N2O/c13-10-7-11-9(6-12-10)8-4-2-1-3-5-8/h8-9,11H,1-7H2,(H,12,13)/t9-/m0/s1. The van der Waals surface area contributed by atoms with E-state index in [4.69, 9.17) is 0 Å². The number of nitrogens with one attached hydrogen (secondary N) is 2. The first-order valence-corrected chi connectivity index (χ1v) is 5.36. The summed E-state index contributed by atoms with van der Waals surface area (Å²) in [6, 6.07) is 0.540. The van der Waals surface area contributed by atoms with Crippen molar-refractivity contribution >= 4 is 5.91 Å². The van der Waals surface area contributed by atoms with E-state index in [-0.39, 0.29) is 5.91 Å². The highest BCUT2D eigenvalue weighted by Gasteiger charge is 2.26. The Labute approximate surface area is 79.3 Å². The number of hydrogen-bond acceptors (Lipinski definition) is 2. The van der Waals surface area contributed by atoms with Gasteiger partial charge >= 0.3 is 0 Å². The highest BCUT2D eigenvalue weighted by Crippen LogP contribution is 2.26. The largest absolute Gasteiger partial charge is 0.353 e. The van der Waals surface area contributed by atoms with Crippen molar-refractivity contribution in [2.24, 2.45) is 5.92 Å². The van der Waals surface area contributed by atoms with E-state index in [2.05, 4.69) is 10.6 Å². The zero-order chi connectivity index (χ0) is 9.10. The SMILES string of the molecule is O=C1CN[C@H](C2CCCCC2)CN1. The Bertz CT molecular complexity index is 177. The fourth-order valence-electron chi connectivity index (χ4n) is 2.45. The van der Waals surface area contributed by atoms with E-state index in [0.717, 1.165) is 12.5 Å². The van der Waals surface area contributed by atoms with Crippen LogP contribution >= 0.6 is 0 Å². The average molecular weight is 182 g/mol. The number of rotatable bonds is 1. The summed E-state index contributed by atoms with van der Waals surface area (Å²) < 4.78 is 0. The molecule has 1 heterocycles. The molecule has 0 spiro atoms. The first-order valence-electron chi connectivity index (χ1n) is 5.36. The lowest BCUT2D eigenvalue weighted by Gasteiger charge is -2.33. The van der Waals surface area contributed by atoms with Gasteiger partial charge in [0, 0.05) is 12.6 Å². The molecule has 1 aliphatic heterocycles. The van der Waals surface area contributed by atoms with Crippen LogP contribution in [0.25, 0.3) is 0 Å². The predicted octanol–water partition coefficient (Wildman–Crippen LogP) is 0.655. The lowest BCUT2D eigenvalue weighted by atomic mass is 9.83. The Kier molecular flexibility index (Phi) is 2.83. The van der Waals surface area contributed by atoms with Crippen molar-refractivity contribution in [3.8, 4) is 0 Å². The van der Waals surface area contributed by atoms with Crippen LogP contribution in [0, 0.1) is 5.92 Å². The van der Waals surface area contributed by atoms with Gasteiger partial charge in [-0.15, -0.1) is 0 Å². The molecule has 1 saturated heterocycles. The molecule has 0 bridgehead atoms. The number of hydrogen-bond donors (Lipinski definition) is 2. The Hall–Kier alpha value is -0.570. The monoisotopic (exact) mass is 182 g/mol. The molecule has 0 aromatic carbocycles. The van der Waals surface area contributed by atoms with Gasteiger partial charge in [0.25, 0.3) is 0 Å². The van der Waals surface area contributed by atoms with Gasteiger partial charge in [-0.05, 0) is 18.8 Å².